The van der Waals surface area contributed by atoms with Crippen molar-refractivity contribution in [2.75, 3.05) is 24.2 Å². The minimum atomic E-state index is -4.08. The molecule has 0 fully saturated rings. The number of sulfonamides is 1. The van der Waals surface area contributed by atoms with Crippen LogP contribution in [0.25, 0.3) is 0 Å². The van der Waals surface area contributed by atoms with Crippen LogP contribution >= 0.6 is 15.9 Å². The minimum Gasteiger partial charge on any atom is -0.492 e. The molecule has 1 N–H and O–H groups in total. The summed E-state index contributed by atoms with van der Waals surface area (Å²) in [7, 11) is -4.08. The maximum Gasteiger partial charge on any atom is 0.264 e. The standard InChI is InChI=1S/C24H22BrN3O6S/c1-2-32-21-11-7-6-10-20(21)28(35(30,31)18-8-4-3-5-9-18)15-24(29)27-26-14-17-12-22-23(13-19(17)25)34-16-33-22/h3-14H,2,15-16H2,1H3,(H,27,29)/b26-14-. The zero-order chi connectivity index (χ0) is 24.8. The van der Waals surface area contributed by atoms with Crippen LogP contribution in [0.4, 0.5) is 5.69 Å². The van der Waals surface area contributed by atoms with E-state index in [4.69, 9.17) is 14.2 Å². The molecule has 0 saturated carbocycles. The lowest BCUT2D eigenvalue weighted by molar-refractivity contribution is -0.119. The summed E-state index contributed by atoms with van der Waals surface area (Å²) in [6.07, 6.45) is 1.42. The smallest absolute Gasteiger partial charge is 0.264 e. The number of ether oxygens (including phenoxy) is 3. The van der Waals surface area contributed by atoms with Gasteiger partial charge in [-0.1, -0.05) is 30.3 Å². The van der Waals surface area contributed by atoms with E-state index in [0.29, 0.717) is 33.9 Å². The molecular formula is C24H22BrN3O6S. The van der Waals surface area contributed by atoms with E-state index >= 15 is 0 Å². The zero-order valence-electron chi connectivity index (χ0n) is 18.7. The van der Waals surface area contributed by atoms with E-state index < -0.39 is 22.5 Å². The molecule has 0 atom stereocenters. The first-order valence-electron chi connectivity index (χ1n) is 10.6. The molecule has 0 unspecified atom stereocenters. The van der Waals surface area contributed by atoms with Crippen molar-refractivity contribution in [1.29, 1.82) is 0 Å². The highest BCUT2D eigenvalue weighted by atomic mass is 79.9. The van der Waals surface area contributed by atoms with Crippen LogP contribution in [0.1, 0.15) is 12.5 Å². The van der Waals surface area contributed by atoms with Crippen molar-refractivity contribution in [2.24, 2.45) is 5.10 Å². The molecule has 4 rings (SSSR count). The molecule has 1 aliphatic rings. The predicted octanol–water partition coefficient (Wildman–Crippen LogP) is 3.92. The number of halogens is 1. The number of hydrogen-bond donors (Lipinski definition) is 1. The molecule has 11 heteroatoms. The normalized spacial score (nSPS) is 12.5. The maximum absolute atomic E-state index is 13.5. The van der Waals surface area contributed by atoms with Gasteiger partial charge in [-0.3, -0.25) is 9.10 Å². The molecule has 0 bridgehead atoms. The van der Waals surface area contributed by atoms with Crippen LogP contribution in [0.5, 0.6) is 17.2 Å². The van der Waals surface area contributed by atoms with Gasteiger partial charge in [-0.2, -0.15) is 5.10 Å². The number of nitrogens with one attached hydrogen (secondary N) is 1. The molecule has 35 heavy (non-hydrogen) atoms. The van der Waals surface area contributed by atoms with E-state index in [9.17, 15) is 13.2 Å². The van der Waals surface area contributed by atoms with Crippen LogP contribution in [0.15, 0.2) is 81.2 Å². The lowest BCUT2D eigenvalue weighted by Crippen LogP contribution is -2.39. The Morgan fingerprint density at radius 3 is 2.54 bits per heavy atom. The lowest BCUT2D eigenvalue weighted by atomic mass is 10.2. The van der Waals surface area contributed by atoms with E-state index in [1.165, 1.54) is 18.3 Å². The van der Waals surface area contributed by atoms with Crippen molar-refractivity contribution >= 4 is 43.8 Å². The Bertz CT molecular complexity index is 1350. The first kappa shape index (κ1) is 24.6. The first-order valence-corrected chi connectivity index (χ1v) is 12.8. The van der Waals surface area contributed by atoms with Crippen LogP contribution in [0, 0.1) is 0 Å². The van der Waals surface area contributed by atoms with Crippen LogP contribution in [0.2, 0.25) is 0 Å². The molecule has 3 aromatic carbocycles. The maximum atomic E-state index is 13.5. The quantitative estimate of drug-likeness (QED) is 0.314. The number of carbonyl (C=O) groups excluding carboxylic acids is 1. The van der Waals surface area contributed by atoms with Crippen molar-refractivity contribution < 1.29 is 27.4 Å². The van der Waals surface area contributed by atoms with Crippen molar-refractivity contribution in [3.05, 3.63) is 76.8 Å². The Morgan fingerprint density at radius 2 is 1.80 bits per heavy atom. The highest BCUT2D eigenvalue weighted by Crippen LogP contribution is 2.36. The number of carbonyl (C=O) groups is 1. The van der Waals surface area contributed by atoms with Crippen molar-refractivity contribution in [3.63, 3.8) is 0 Å². The fraction of sp³-hybridized carbons (Fsp3) is 0.167. The van der Waals surface area contributed by atoms with Crippen LogP contribution < -0.4 is 23.9 Å². The SMILES string of the molecule is CCOc1ccccc1N(CC(=O)N/N=C\c1cc2c(cc1Br)OCO2)S(=O)(=O)c1ccccc1. The average molecular weight is 560 g/mol. The Balaban J connectivity index is 1.58. The van der Waals surface area contributed by atoms with Crippen molar-refractivity contribution in [2.45, 2.75) is 11.8 Å². The van der Waals surface area contributed by atoms with Gasteiger partial charge in [0.1, 0.15) is 12.3 Å². The molecule has 0 radical (unpaired) electrons. The van der Waals surface area contributed by atoms with Gasteiger partial charge in [0.25, 0.3) is 15.9 Å². The first-order chi connectivity index (χ1) is 16.9. The second kappa shape index (κ2) is 10.8. The average Bonchev–Trinajstić information content (AvgIpc) is 3.31. The summed E-state index contributed by atoms with van der Waals surface area (Å²) in [4.78, 5) is 12.9. The highest BCUT2D eigenvalue weighted by Gasteiger charge is 2.29. The fourth-order valence-corrected chi connectivity index (χ4v) is 5.21. The third kappa shape index (κ3) is 5.57. The van der Waals surface area contributed by atoms with Gasteiger partial charge < -0.3 is 14.2 Å². The summed E-state index contributed by atoms with van der Waals surface area (Å²) < 4.78 is 45.0. The third-order valence-electron chi connectivity index (χ3n) is 4.94. The molecular weight excluding hydrogens is 538 g/mol. The molecule has 0 aromatic heterocycles. The van der Waals surface area contributed by atoms with Gasteiger partial charge in [0, 0.05) is 10.0 Å². The summed E-state index contributed by atoms with van der Waals surface area (Å²) in [5.74, 6) is 0.875. The van der Waals surface area contributed by atoms with Crippen molar-refractivity contribution in [1.82, 2.24) is 5.43 Å². The van der Waals surface area contributed by atoms with Gasteiger partial charge in [0.2, 0.25) is 6.79 Å². The van der Waals surface area contributed by atoms with Crippen LogP contribution in [0.3, 0.4) is 0 Å². The van der Waals surface area contributed by atoms with Gasteiger partial charge in [-0.05, 0) is 59.3 Å². The third-order valence-corrected chi connectivity index (χ3v) is 7.40. The number of nitrogens with zero attached hydrogens (tertiary/aromatic N) is 2. The Labute approximate surface area is 211 Å². The van der Waals surface area contributed by atoms with Crippen molar-refractivity contribution in [3.8, 4) is 17.2 Å². The molecule has 9 nitrogen and oxygen atoms in total. The minimum absolute atomic E-state index is 0.0480. The molecule has 1 heterocycles. The number of hydrogen-bond acceptors (Lipinski definition) is 7. The molecule has 0 spiro atoms. The summed E-state index contributed by atoms with van der Waals surface area (Å²) in [5, 5.41) is 3.98. The molecule has 1 amide bonds. The van der Waals surface area contributed by atoms with Gasteiger partial charge in [-0.15, -0.1) is 0 Å². The second-order valence-corrected chi connectivity index (χ2v) is 9.96. The van der Waals surface area contributed by atoms with Gasteiger partial charge in [0.05, 0.1) is 23.4 Å². The second-order valence-electron chi connectivity index (χ2n) is 7.25. The number of benzene rings is 3. The van der Waals surface area contributed by atoms with Gasteiger partial charge in [-0.25, -0.2) is 13.8 Å². The van der Waals surface area contributed by atoms with Gasteiger partial charge >= 0.3 is 0 Å². The fourth-order valence-electron chi connectivity index (χ4n) is 3.33. The van der Waals surface area contributed by atoms with E-state index in [2.05, 4.69) is 26.5 Å². The lowest BCUT2D eigenvalue weighted by Gasteiger charge is -2.25. The Morgan fingerprint density at radius 1 is 1.11 bits per heavy atom. The molecule has 3 aromatic rings. The predicted molar refractivity (Wildman–Crippen MR) is 135 cm³/mol. The number of rotatable bonds is 9. The summed E-state index contributed by atoms with van der Waals surface area (Å²) >= 11 is 3.42. The monoisotopic (exact) mass is 559 g/mol. The summed E-state index contributed by atoms with van der Waals surface area (Å²) in [6, 6.07) is 18.0. The van der Waals surface area contributed by atoms with Crippen LogP contribution in [-0.4, -0.2) is 40.5 Å². The van der Waals surface area contributed by atoms with E-state index in [1.807, 2.05) is 0 Å². The summed E-state index contributed by atoms with van der Waals surface area (Å²) in [6.45, 7) is 1.74. The Kier molecular flexibility index (Phi) is 7.57. The number of para-hydroxylation sites is 2. The number of hydrazone groups is 1. The van der Waals surface area contributed by atoms with E-state index in [-0.39, 0.29) is 17.4 Å². The topological polar surface area (TPSA) is 107 Å². The zero-order valence-corrected chi connectivity index (χ0v) is 21.1. The Hall–Kier alpha value is -3.57. The highest BCUT2D eigenvalue weighted by molar-refractivity contribution is 9.10. The summed E-state index contributed by atoms with van der Waals surface area (Å²) in [5.41, 5.74) is 3.28. The molecule has 182 valence electrons. The number of fused-ring (bicyclic) bond motifs is 1. The number of anilines is 1. The molecule has 0 saturated heterocycles. The van der Waals surface area contributed by atoms with E-state index in [1.54, 1.807) is 61.5 Å². The van der Waals surface area contributed by atoms with E-state index in [0.717, 1.165) is 4.31 Å². The number of amides is 1. The van der Waals surface area contributed by atoms with Crippen LogP contribution in [-0.2, 0) is 14.8 Å². The van der Waals surface area contributed by atoms with Gasteiger partial charge in [0.15, 0.2) is 11.5 Å². The molecule has 1 aliphatic heterocycles. The largest absolute Gasteiger partial charge is 0.492 e. The molecule has 0 aliphatic carbocycles.